The van der Waals surface area contributed by atoms with E-state index >= 15 is 0 Å². The number of likely N-dealkylation sites (tertiary alicyclic amines) is 1. The summed E-state index contributed by atoms with van der Waals surface area (Å²) in [6.45, 7) is 1.61. The van der Waals surface area contributed by atoms with Crippen molar-refractivity contribution in [2.45, 2.75) is 25.8 Å². The molecule has 4 aliphatic rings. The minimum Gasteiger partial charge on any atom is -0.323 e. The molecule has 0 unspecified atom stereocenters. The van der Waals surface area contributed by atoms with Crippen LogP contribution in [0.25, 0.3) is 0 Å². The Bertz CT molecular complexity index is 698. The molecule has 1 aromatic heterocycles. The van der Waals surface area contributed by atoms with E-state index in [2.05, 4.69) is 22.5 Å². The predicted molar refractivity (Wildman–Crippen MR) is 86.5 cm³/mol. The van der Waals surface area contributed by atoms with Crippen LogP contribution >= 0.6 is 0 Å². The van der Waals surface area contributed by atoms with Crippen LogP contribution < -0.4 is 5.32 Å². The van der Waals surface area contributed by atoms with Gasteiger partial charge in [-0.25, -0.2) is 0 Å². The molecule has 0 radical (unpaired) electrons. The molecule has 1 aliphatic heterocycles. The number of nitrogens with one attached hydrogen (secondary N) is 1. The van der Waals surface area contributed by atoms with E-state index in [1.54, 1.807) is 25.3 Å². The summed E-state index contributed by atoms with van der Waals surface area (Å²) in [5, 5.41) is 2.72. The van der Waals surface area contributed by atoms with Crippen molar-refractivity contribution in [3.8, 4) is 0 Å². The molecule has 5 rings (SSSR count). The standard InChI is InChI=1S/C18H19N3O3/c1-10(16(22)20-13-3-2-8-19-9-13)21-17(23)14-11-4-5-12(7-6-11)15(14)18(21)24/h2-5,8-12,14-15H,6-7H2,1H3,(H,20,22)/t10-,11-,12-,14-,15+/m0/s1. The Morgan fingerprint density at radius 2 is 1.83 bits per heavy atom. The topological polar surface area (TPSA) is 79.4 Å². The van der Waals surface area contributed by atoms with Crippen LogP contribution in [0.3, 0.4) is 0 Å². The molecule has 2 heterocycles. The van der Waals surface area contributed by atoms with E-state index in [1.165, 1.54) is 11.1 Å². The fourth-order valence-electron chi connectivity index (χ4n) is 4.28. The van der Waals surface area contributed by atoms with Crippen LogP contribution in [-0.4, -0.2) is 33.6 Å². The molecule has 3 aliphatic carbocycles. The zero-order chi connectivity index (χ0) is 16.8. The fraction of sp³-hybridized carbons (Fsp3) is 0.444. The summed E-state index contributed by atoms with van der Waals surface area (Å²) in [7, 11) is 0. The van der Waals surface area contributed by atoms with Crippen molar-refractivity contribution in [1.82, 2.24) is 9.88 Å². The first-order valence-electron chi connectivity index (χ1n) is 8.34. The number of pyridine rings is 1. The smallest absolute Gasteiger partial charge is 0.247 e. The van der Waals surface area contributed by atoms with Crippen LogP contribution in [0.2, 0.25) is 0 Å². The Hall–Kier alpha value is -2.50. The van der Waals surface area contributed by atoms with Crippen LogP contribution in [0.15, 0.2) is 36.7 Å². The highest BCUT2D eigenvalue weighted by Gasteiger charge is 2.58. The molecule has 24 heavy (non-hydrogen) atoms. The van der Waals surface area contributed by atoms with Crippen molar-refractivity contribution >= 4 is 23.4 Å². The number of hydrogen-bond acceptors (Lipinski definition) is 4. The van der Waals surface area contributed by atoms with Gasteiger partial charge in [-0.3, -0.25) is 24.3 Å². The number of fused-ring (bicyclic) bond motifs is 1. The highest BCUT2D eigenvalue weighted by Crippen LogP contribution is 2.49. The van der Waals surface area contributed by atoms with E-state index in [0.29, 0.717) is 5.69 Å². The number of imide groups is 1. The quantitative estimate of drug-likeness (QED) is 0.676. The molecule has 6 heteroatoms. The molecule has 0 aromatic carbocycles. The molecule has 2 bridgehead atoms. The van der Waals surface area contributed by atoms with Gasteiger partial charge in [0, 0.05) is 6.20 Å². The van der Waals surface area contributed by atoms with E-state index in [-0.39, 0.29) is 41.4 Å². The number of hydrogen-bond donors (Lipinski definition) is 1. The molecule has 1 aromatic rings. The van der Waals surface area contributed by atoms with Crippen LogP contribution in [0, 0.1) is 23.7 Å². The first kappa shape index (κ1) is 15.1. The molecule has 0 spiro atoms. The summed E-state index contributed by atoms with van der Waals surface area (Å²) in [6, 6.07) is 2.61. The van der Waals surface area contributed by atoms with Crippen molar-refractivity contribution in [2.75, 3.05) is 5.32 Å². The molecule has 124 valence electrons. The molecule has 1 saturated heterocycles. The third-order valence-corrected chi connectivity index (χ3v) is 5.49. The van der Waals surface area contributed by atoms with Crippen LogP contribution in [-0.2, 0) is 14.4 Å². The number of aromatic nitrogens is 1. The Morgan fingerprint density at radius 3 is 2.33 bits per heavy atom. The van der Waals surface area contributed by atoms with Gasteiger partial charge in [0.25, 0.3) is 0 Å². The van der Waals surface area contributed by atoms with Crippen molar-refractivity contribution in [2.24, 2.45) is 23.7 Å². The Balaban J connectivity index is 1.55. The first-order valence-corrected chi connectivity index (χ1v) is 8.34. The zero-order valence-corrected chi connectivity index (χ0v) is 13.4. The van der Waals surface area contributed by atoms with Crippen molar-refractivity contribution in [3.05, 3.63) is 36.7 Å². The Morgan fingerprint density at radius 1 is 1.21 bits per heavy atom. The largest absolute Gasteiger partial charge is 0.323 e. The normalized spacial score (nSPS) is 32.0. The van der Waals surface area contributed by atoms with Crippen molar-refractivity contribution in [1.29, 1.82) is 0 Å². The molecule has 5 atom stereocenters. The zero-order valence-electron chi connectivity index (χ0n) is 13.4. The van der Waals surface area contributed by atoms with Gasteiger partial charge in [0.1, 0.15) is 6.04 Å². The van der Waals surface area contributed by atoms with E-state index in [9.17, 15) is 14.4 Å². The summed E-state index contributed by atoms with van der Waals surface area (Å²) in [4.78, 5) is 43.2. The maximum atomic E-state index is 12.8. The lowest BCUT2D eigenvalue weighted by Gasteiger charge is -2.38. The van der Waals surface area contributed by atoms with Crippen molar-refractivity contribution < 1.29 is 14.4 Å². The minimum absolute atomic E-state index is 0.134. The van der Waals surface area contributed by atoms with E-state index in [1.807, 2.05) is 0 Å². The van der Waals surface area contributed by atoms with E-state index in [0.717, 1.165) is 12.8 Å². The second-order valence-corrected chi connectivity index (χ2v) is 6.79. The van der Waals surface area contributed by atoms with Gasteiger partial charge in [0.15, 0.2) is 0 Å². The minimum atomic E-state index is -0.824. The van der Waals surface area contributed by atoms with Gasteiger partial charge in [-0.1, -0.05) is 12.2 Å². The predicted octanol–water partition coefficient (Wildman–Crippen LogP) is 1.61. The van der Waals surface area contributed by atoms with Crippen LogP contribution in [0.4, 0.5) is 5.69 Å². The summed E-state index contributed by atoms with van der Waals surface area (Å²) in [5.74, 6) is -1.06. The number of rotatable bonds is 3. The Labute approximate surface area is 139 Å². The third kappa shape index (κ3) is 2.17. The number of allylic oxidation sites excluding steroid dienone is 2. The lowest BCUT2D eigenvalue weighted by molar-refractivity contribution is -0.146. The molecular weight excluding hydrogens is 306 g/mol. The lowest BCUT2D eigenvalue weighted by atomic mass is 9.63. The third-order valence-electron chi connectivity index (χ3n) is 5.49. The molecule has 2 fully saturated rings. The van der Waals surface area contributed by atoms with Gasteiger partial charge in [0.2, 0.25) is 17.7 Å². The second-order valence-electron chi connectivity index (χ2n) is 6.79. The molecule has 6 nitrogen and oxygen atoms in total. The van der Waals surface area contributed by atoms with Gasteiger partial charge in [-0.15, -0.1) is 0 Å². The van der Waals surface area contributed by atoms with Crippen molar-refractivity contribution in [3.63, 3.8) is 0 Å². The summed E-state index contributed by atoms with van der Waals surface area (Å²) in [6.07, 6.45) is 9.19. The molecule has 3 amide bonds. The maximum absolute atomic E-state index is 12.8. The van der Waals surface area contributed by atoms with Gasteiger partial charge >= 0.3 is 0 Å². The summed E-state index contributed by atoms with van der Waals surface area (Å²) >= 11 is 0. The highest BCUT2D eigenvalue weighted by molar-refractivity contribution is 6.10. The van der Waals surface area contributed by atoms with Crippen LogP contribution in [0.5, 0.6) is 0 Å². The molecular formula is C18H19N3O3. The van der Waals surface area contributed by atoms with Crippen LogP contribution in [0.1, 0.15) is 19.8 Å². The fourth-order valence-corrected chi connectivity index (χ4v) is 4.28. The number of carbonyl (C=O) groups is 3. The van der Waals surface area contributed by atoms with Gasteiger partial charge in [0.05, 0.1) is 23.7 Å². The van der Waals surface area contributed by atoms with Gasteiger partial charge < -0.3 is 5.32 Å². The van der Waals surface area contributed by atoms with E-state index in [4.69, 9.17) is 0 Å². The Kier molecular flexibility index (Phi) is 3.48. The number of amides is 3. The average Bonchev–Trinajstić information content (AvgIpc) is 2.89. The number of anilines is 1. The summed E-state index contributed by atoms with van der Waals surface area (Å²) < 4.78 is 0. The van der Waals surface area contributed by atoms with Gasteiger partial charge in [-0.05, 0) is 43.7 Å². The highest BCUT2D eigenvalue weighted by atomic mass is 16.2. The number of carbonyl (C=O) groups excluding carboxylic acids is 3. The average molecular weight is 325 g/mol. The second kappa shape index (κ2) is 5.54. The van der Waals surface area contributed by atoms with Gasteiger partial charge in [-0.2, -0.15) is 0 Å². The molecule has 1 N–H and O–H groups in total. The maximum Gasteiger partial charge on any atom is 0.247 e. The SMILES string of the molecule is C[C@@H](C(=O)Nc1cccnc1)N1C(=O)[C@@H]2[C@H](C1=O)[C@H]1C=C[C@H]2CC1. The number of nitrogens with zero attached hydrogens (tertiary/aromatic N) is 2. The first-order chi connectivity index (χ1) is 11.6. The lowest BCUT2D eigenvalue weighted by Crippen LogP contribution is -2.46. The summed E-state index contributed by atoms with van der Waals surface area (Å²) in [5.41, 5.74) is 0.549. The molecule has 1 saturated carbocycles. The monoisotopic (exact) mass is 325 g/mol. The van der Waals surface area contributed by atoms with E-state index < -0.39 is 6.04 Å².